The van der Waals surface area contributed by atoms with Gasteiger partial charge in [-0.1, -0.05) is 151 Å². The van der Waals surface area contributed by atoms with Crippen molar-refractivity contribution in [1.29, 1.82) is 0 Å². The minimum absolute atomic E-state index is 0.00845. The van der Waals surface area contributed by atoms with Crippen molar-refractivity contribution in [3.05, 3.63) is 118 Å². The van der Waals surface area contributed by atoms with Gasteiger partial charge in [0.2, 0.25) is 0 Å². The zero-order valence-electron chi connectivity index (χ0n) is 39.4. The summed E-state index contributed by atoms with van der Waals surface area (Å²) in [7, 11) is -2.37. The van der Waals surface area contributed by atoms with Crippen LogP contribution in [0, 0.1) is 29.6 Å². The Labute approximate surface area is 381 Å². The standard InChI is InChI=1S/C50H71N3O10Si/c1-31-33(3)46(61-45-35(5)42(52-53-51)49(63-64(9,10)50(6,7)8)59-40(45)29-55-27-37-22-16-12-17-23-37)57-39(28-54-26-36-20-14-11-15-21-36)43(31)60-47-34(4)32(2)44-41(58-47)30-56-48(62-44)38-24-18-13-19-25-38/h11-25,31-35,39-49H,26-30H2,1-10H3/t31-,32-,33?,34?,35-,39?,40?,41?,42?,43+,44+,45+,46+,47+,48?,49+/m1/s1. The minimum Gasteiger partial charge on any atom is -0.392 e. The summed E-state index contributed by atoms with van der Waals surface area (Å²) >= 11 is 0. The quantitative estimate of drug-likeness (QED) is 0.0590. The van der Waals surface area contributed by atoms with Crippen molar-refractivity contribution in [2.45, 2.75) is 155 Å². The lowest BCUT2D eigenvalue weighted by Gasteiger charge is -2.52. The highest BCUT2D eigenvalue weighted by Gasteiger charge is 2.53. The van der Waals surface area contributed by atoms with Crippen molar-refractivity contribution in [3.8, 4) is 0 Å². The van der Waals surface area contributed by atoms with E-state index >= 15 is 0 Å². The van der Waals surface area contributed by atoms with E-state index in [9.17, 15) is 5.53 Å². The summed E-state index contributed by atoms with van der Waals surface area (Å²) in [6.45, 7) is 23.3. The number of ether oxygens (including phenoxy) is 9. The average molecular weight is 902 g/mol. The first-order valence-corrected chi connectivity index (χ1v) is 26.1. The van der Waals surface area contributed by atoms with Crippen LogP contribution in [0.1, 0.15) is 78.4 Å². The second-order valence-corrected chi connectivity index (χ2v) is 24.6. The average Bonchev–Trinajstić information content (AvgIpc) is 3.28. The molecule has 4 aliphatic heterocycles. The van der Waals surface area contributed by atoms with E-state index in [1.165, 1.54) is 0 Å². The largest absolute Gasteiger partial charge is 0.392 e. The van der Waals surface area contributed by atoms with Crippen molar-refractivity contribution >= 4 is 8.32 Å². The van der Waals surface area contributed by atoms with Crippen molar-refractivity contribution in [2.24, 2.45) is 34.7 Å². The molecule has 7 unspecified atom stereocenters. The first kappa shape index (κ1) is 48.7. The van der Waals surface area contributed by atoms with E-state index in [1.807, 2.05) is 97.9 Å². The zero-order valence-corrected chi connectivity index (χ0v) is 40.4. The first-order chi connectivity index (χ1) is 30.6. The molecule has 4 saturated heterocycles. The molecule has 0 bridgehead atoms. The summed E-state index contributed by atoms with van der Waals surface area (Å²) < 4.78 is 67.2. The molecular formula is C50H71N3O10Si. The van der Waals surface area contributed by atoms with Gasteiger partial charge in [-0.3, -0.25) is 0 Å². The number of azide groups is 1. The van der Waals surface area contributed by atoms with Gasteiger partial charge in [-0.05, 0) is 52.5 Å². The van der Waals surface area contributed by atoms with Crippen LogP contribution in [-0.4, -0.2) is 89.7 Å². The van der Waals surface area contributed by atoms with E-state index in [1.54, 1.807) is 0 Å². The Morgan fingerprint density at radius 1 is 0.641 bits per heavy atom. The SMILES string of the molecule is CC1[C@H](O[C@@H]2C(COCc3ccccc3)O[C@@H](O[C@@H]3C(COCc4ccccc4)O[C@@H](O[Si](C)(C)C(C)(C)C)C(N=[N+]=[N-])[C@H]3C)C(C)[C@H]2C)OC2COC(c3ccccc3)O[C@H]2[C@@H]1C. The molecule has 0 N–H and O–H groups in total. The topological polar surface area (TPSA) is 141 Å². The van der Waals surface area contributed by atoms with Crippen molar-refractivity contribution in [1.82, 2.24) is 0 Å². The molecule has 4 heterocycles. The van der Waals surface area contributed by atoms with Crippen LogP contribution in [-0.2, 0) is 60.3 Å². The molecule has 0 saturated carbocycles. The third-order valence-electron chi connectivity index (χ3n) is 14.5. The summed E-state index contributed by atoms with van der Waals surface area (Å²) in [5.74, 6) is -0.365. The molecule has 350 valence electrons. The van der Waals surface area contributed by atoms with Gasteiger partial charge in [0, 0.05) is 22.3 Å². The fourth-order valence-corrected chi connectivity index (χ4v) is 10.1. The Balaban J connectivity index is 1.11. The maximum Gasteiger partial charge on any atom is 0.195 e. The summed E-state index contributed by atoms with van der Waals surface area (Å²) in [5.41, 5.74) is 13.0. The van der Waals surface area contributed by atoms with E-state index in [2.05, 4.69) is 71.6 Å². The van der Waals surface area contributed by atoms with Gasteiger partial charge in [-0.15, -0.1) is 0 Å². The van der Waals surface area contributed by atoms with Crippen LogP contribution in [0.4, 0.5) is 0 Å². The van der Waals surface area contributed by atoms with Crippen molar-refractivity contribution in [3.63, 3.8) is 0 Å². The lowest BCUT2D eigenvalue weighted by atomic mass is 9.82. The molecule has 14 heteroatoms. The van der Waals surface area contributed by atoms with Gasteiger partial charge >= 0.3 is 0 Å². The molecule has 13 nitrogen and oxygen atoms in total. The molecule has 3 aromatic rings. The number of hydrogen-bond acceptors (Lipinski definition) is 11. The molecule has 16 atom stereocenters. The smallest absolute Gasteiger partial charge is 0.195 e. The highest BCUT2D eigenvalue weighted by atomic mass is 28.4. The number of hydrogen-bond donors (Lipinski definition) is 0. The monoisotopic (exact) mass is 901 g/mol. The highest BCUT2D eigenvalue weighted by Crippen LogP contribution is 2.45. The van der Waals surface area contributed by atoms with Gasteiger partial charge in [0.15, 0.2) is 33.5 Å². The summed E-state index contributed by atoms with van der Waals surface area (Å²) in [4.78, 5) is 3.28. The van der Waals surface area contributed by atoms with Gasteiger partial charge in [0.25, 0.3) is 0 Å². The van der Waals surface area contributed by atoms with E-state index < -0.39 is 63.9 Å². The molecule has 0 amide bonds. The molecular weight excluding hydrogens is 831 g/mol. The second kappa shape index (κ2) is 21.6. The van der Waals surface area contributed by atoms with Crippen LogP contribution in [0.5, 0.6) is 0 Å². The molecule has 0 spiro atoms. The van der Waals surface area contributed by atoms with Gasteiger partial charge in [0.1, 0.15) is 18.3 Å². The highest BCUT2D eigenvalue weighted by molar-refractivity contribution is 6.74. The van der Waals surface area contributed by atoms with Gasteiger partial charge < -0.3 is 47.1 Å². The number of fused-ring (bicyclic) bond motifs is 1. The number of benzene rings is 3. The van der Waals surface area contributed by atoms with E-state index in [0.29, 0.717) is 19.8 Å². The molecule has 4 fully saturated rings. The summed E-state index contributed by atoms with van der Waals surface area (Å²) in [6, 6.07) is 29.5. The summed E-state index contributed by atoms with van der Waals surface area (Å²) in [6.07, 6.45) is -4.92. The van der Waals surface area contributed by atoms with Crippen LogP contribution < -0.4 is 0 Å². The summed E-state index contributed by atoms with van der Waals surface area (Å²) in [5, 5.41) is 4.19. The Morgan fingerprint density at radius 2 is 1.14 bits per heavy atom. The molecule has 64 heavy (non-hydrogen) atoms. The number of rotatable bonds is 16. The molecule has 7 rings (SSSR count). The third-order valence-corrected chi connectivity index (χ3v) is 18.9. The van der Waals surface area contributed by atoms with Gasteiger partial charge in [-0.25, -0.2) is 0 Å². The molecule has 4 aliphatic rings. The Kier molecular flexibility index (Phi) is 16.4. The lowest BCUT2D eigenvalue weighted by Crippen LogP contribution is -2.62. The van der Waals surface area contributed by atoms with Crippen LogP contribution in [0.25, 0.3) is 10.4 Å². The lowest BCUT2D eigenvalue weighted by molar-refractivity contribution is -0.371. The maximum absolute atomic E-state index is 9.87. The van der Waals surface area contributed by atoms with E-state index in [0.717, 1.165) is 16.7 Å². The fraction of sp³-hybridized carbons (Fsp3) is 0.640. The van der Waals surface area contributed by atoms with E-state index in [-0.39, 0.29) is 60.0 Å². The molecule has 0 aliphatic carbocycles. The Morgan fingerprint density at radius 3 is 1.69 bits per heavy atom. The van der Waals surface area contributed by atoms with Gasteiger partial charge in [-0.2, -0.15) is 0 Å². The van der Waals surface area contributed by atoms with Crippen molar-refractivity contribution < 1.29 is 47.1 Å². The Bertz CT molecular complexity index is 1940. The molecule has 0 radical (unpaired) electrons. The van der Waals surface area contributed by atoms with Crippen molar-refractivity contribution in [2.75, 3.05) is 19.8 Å². The predicted molar refractivity (Wildman–Crippen MR) is 245 cm³/mol. The van der Waals surface area contributed by atoms with Crippen LogP contribution in [0.15, 0.2) is 96.1 Å². The zero-order chi connectivity index (χ0) is 45.6. The van der Waals surface area contributed by atoms with E-state index in [4.69, 9.17) is 47.1 Å². The fourth-order valence-electron chi connectivity index (χ4n) is 8.96. The van der Waals surface area contributed by atoms with Crippen LogP contribution >= 0.6 is 0 Å². The van der Waals surface area contributed by atoms with Gasteiger partial charge in [0.05, 0.1) is 57.4 Å². The minimum atomic E-state index is -2.37. The van der Waals surface area contributed by atoms with Crippen LogP contribution in [0.2, 0.25) is 18.1 Å². The van der Waals surface area contributed by atoms with Crippen LogP contribution in [0.3, 0.4) is 0 Å². The molecule has 3 aromatic carbocycles. The maximum atomic E-state index is 9.87. The Hall–Kier alpha value is -3.21. The normalized spacial score (nSPS) is 35.8. The number of nitrogens with zero attached hydrogens (tertiary/aromatic N) is 3. The second-order valence-electron chi connectivity index (χ2n) is 19.9. The predicted octanol–water partition coefficient (Wildman–Crippen LogP) is 10.4. The third kappa shape index (κ3) is 11.5. The first-order valence-electron chi connectivity index (χ1n) is 23.2. The molecule has 0 aromatic heterocycles.